The van der Waals surface area contributed by atoms with Gasteiger partial charge in [-0.05, 0) is 13.8 Å². The second-order valence-corrected chi connectivity index (χ2v) is 3.86. The van der Waals surface area contributed by atoms with Gasteiger partial charge in [0.15, 0.2) is 0 Å². The molecule has 0 amide bonds. The number of hydrogen-bond acceptors (Lipinski definition) is 8. The van der Waals surface area contributed by atoms with Crippen molar-refractivity contribution in [3.05, 3.63) is 0 Å². The number of aliphatic hydroxyl groups is 2. The first-order chi connectivity index (χ1) is 9.38. The van der Waals surface area contributed by atoms with Crippen LogP contribution in [0.3, 0.4) is 0 Å². The second kappa shape index (κ2) is 13.2. The Balaban J connectivity index is -0.000000234. The van der Waals surface area contributed by atoms with Gasteiger partial charge in [0.1, 0.15) is 18.1 Å². The van der Waals surface area contributed by atoms with Crippen LogP contribution in [0, 0.1) is 0 Å². The maximum absolute atomic E-state index is 9.86. The maximum Gasteiger partial charge on any atom is 0.323 e. The van der Waals surface area contributed by atoms with Crippen LogP contribution in [0.4, 0.5) is 0 Å². The Morgan fingerprint density at radius 3 is 1.24 bits per heavy atom. The molecule has 0 heterocycles. The zero-order valence-electron chi connectivity index (χ0n) is 11.7. The summed E-state index contributed by atoms with van der Waals surface area (Å²) in [6, 6.07) is -3.01. The molecule has 0 radical (unpaired) electrons. The molecule has 0 bridgehead atoms. The van der Waals surface area contributed by atoms with E-state index in [4.69, 9.17) is 42.7 Å². The van der Waals surface area contributed by atoms with Crippen LogP contribution >= 0.6 is 0 Å². The topological polar surface area (TPSA) is 230 Å². The van der Waals surface area contributed by atoms with Crippen LogP contribution in [0.1, 0.15) is 13.8 Å². The fourth-order valence-corrected chi connectivity index (χ4v) is 0.284. The van der Waals surface area contributed by atoms with Gasteiger partial charge in [-0.3, -0.25) is 14.4 Å². The second-order valence-electron chi connectivity index (χ2n) is 3.86. The van der Waals surface area contributed by atoms with Gasteiger partial charge in [-0.25, -0.2) is 0 Å². The van der Waals surface area contributed by atoms with E-state index in [2.05, 4.69) is 0 Å². The Morgan fingerprint density at radius 2 is 1.24 bits per heavy atom. The third-order valence-corrected chi connectivity index (χ3v) is 1.71. The molecule has 0 aliphatic heterocycles. The zero-order chi connectivity index (χ0) is 17.7. The number of carbonyl (C=O) groups is 3. The van der Waals surface area contributed by atoms with Gasteiger partial charge in [0.05, 0.1) is 12.7 Å². The van der Waals surface area contributed by atoms with E-state index in [1.165, 1.54) is 13.8 Å². The Morgan fingerprint density at radius 1 is 0.905 bits per heavy atom. The molecule has 0 aromatic carbocycles. The number of carboxylic acid groups (broad SMARTS) is 3. The molecule has 0 aromatic heterocycles. The summed E-state index contributed by atoms with van der Waals surface area (Å²) < 4.78 is 0. The monoisotopic (exact) mass is 313 g/mol. The quantitative estimate of drug-likeness (QED) is 0.249. The van der Waals surface area contributed by atoms with Crippen molar-refractivity contribution in [1.29, 1.82) is 0 Å². The lowest BCUT2D eigenvalue weighted by Crippen LogP contribution is -2.39. The first kappa shape index (κ1) is 24.2. The standard InChI is InChI=1S/C4H9NO3.C3H7NO3.C3H7NO2/c1-2(6)3(5)4(7)8;4-2(1-5)3(6)7;1-2(4)3(5)6/h2-3,6H,5H2,1H3,(H,7,8);2,5H,1,4H2,(H,6,7);2H,4H2,1H3,(H,5,6). The molecular formula is C10H23N3O8. The normalized spacial score (nSPS) is 15.0. The molecule has 0 fully saturated rings. The summed E-state index contributed by atoms with van der Waals surface area (Å²) in [7, 11) is 0. The van der Waals surface area contributed by atoms with Crippen LogP contribution in [-0.2, 0) is 14.4 Å². The van der Waals surface area contributed by atoms with Crippen molar-refractivity contribution in [2.24, 2.45) is 17.2 Å². The number of carboxylic acids is 3. The average molecular weight is 313 g/mol. The Kier molecular flexibility index (Phi) is 15.2. The maximum atomic E-state index is 9.86. The molecule has 0 aromatic rings. The molecule has 0 rings (SSSR count). The lowest BCUT2D eigenvalue weighted by molar-refractivity contribution is -0.141. The minimum atomic E-state index is -1.18. The summed E-state index contributed by atoms with van der Waals surface area (Å²) in [5, 5.41) is 40.3. The van der Waals surface area contributed by atoms with E-state index in [1.807, 2.05) is 0 Å². The summed E-state index contributed by atoms with van der Waals surface area (Å²) in [4.78, 5) is 29.1. The molecule has 0 saturated carbocycles. The summed E-state index contributed by atoms with van der Waals surface area (Å²) >= 11 is 0. The third-order valence-electron chi connectivity index (χ3n) is 1.71. The van der Waals surface area contributed by atoms with Crippen molar-refractivity contribution in [2.45, 2.75) is 38.1 Å². The molecular weight excluding hydrogens is 290 g/mol. The van der Waals surface area contributed by atoms with Gasteiger partial charge in [0.2, 0.25) is 0 Å². The van der Waals surface area contributed by atoms with Gasteiger partial charge in [0.25, 0.3) is 0 Å². The van der Waals surface area contributed by atoms with Crippen LogP contribution in [0.2, 0.25) is 0 Å². The molecule has 21 heavy (non-hydrogen) atoms. The predicted molar refractivity (Wildman–Crippen MR) is 71.3 cm³/mol. The van der Waals surface area contributed by atoms with Gasteiger partial charge < -0.3 is 42.7 Å². The molecule has 4 atom stereocenters. The molecule has 11 nitrogen and oxygen atoms in total. The first-order valence-corrected chi connectivity index (χ1v) is 5.62. The van der Waals surface area contributed by atoms with Gasteiger partial charge in [-0.1, -0.05) is 0 Å². The number of aliphatic hydroxyl groups excluding tert-OH is 2. The highest BCUT2D eigenvalue weighted by atomic mass is 16.4. The minimum Gasteiger partial charge on any atom is -0.480 e. The molecule has 0 saturated heterocycles. The van der Waals surface area contributed by atoms with Gasteiger partial charge in [-0.15, -0.1) is 0 Å². The van der Waals surface area contributed by atoms with Crippen molar-refractivity contribution in [3.63, 3.8) is 0 Å². The van der Waals surface area contributed by atoms with E-state index >= 15 is 0 Å². The first-order valence-electron chi connectivity index (χ1n) is 5.62. The zero-order valence-corrected chi connectivity index (χ0v) is 11.7. The van der Waals surface area contributed by atoms with Gasteiger partial charge >= 0.3 is 17.9 Å². The van der Waals surface area contributed by atoms with Crippen LogP contribution < -0.4 is 17.2 Å². The smallest absolute Gasteiger partial charge is 0.323 e. The molecule has 0 spiro atoms. The number of aliphatic carboxylic acids is 3. The molecule has 0 aliphatic carbocycles. The molecule has 0 aliphatic rings. The predicted octanol–water partition coefficient (Wildman–Crippen LogP) is -3.41. The molecule has 11 heteroatoms. The largest absolute Gasteiger partial charge is 0.480 e. The minimum absolute atomic E-state index is 0.505. The third kappa shape index (κ3) is 18.2. The Bertz CT molecular complexity index is 321. The van der Waals surface area contributed by atoms with Crippen LogP contribution in [-0.4, -0.2) is 74.3 Å². The van der Waals surface area contributed by atoms with Crippen molar-refractivity contribution in [1.82, 2.24) is 0 Å². The van der Waals surface area contributed by atoms with E-state index < -0.39 is 48.7 Å². The summed E-state index contributed by atoms with van der Waals surface area (Å²) in [5.41, 5.74) is 14.5. The number of nitrogens with two attached hydrogens (primary N) is 3. The Labute approximate surface area is 121 Å². The molecule has 126 valence electrons. The van der Waals surface area contributed by atoms with Gasteiger partial charge in [-0.2, -0.15) is 0 Å². The average Bonchev–Trinajstić information content (AvgIpc) is 2.37. The van der Waals surface area contributed by atoms with E-state index in [0.29, 0.717) is 0 Å². The summed E-state index contributed by atoms with van der Waals surface area (Å²) in [6.07, 6.45) is -0.979. The van der Waals surface area contributed by atoms with E-state index in [-0.39, 0.29) is 0 Å². The fraction of sp³-hybridized carbons (Fsp3) is 0.700. The van der Waals surface area contributed by atoms with Crippen molar-refractivity contribution in [2.75, 3.05) is 6.61 Å². The van der Waals surface area contributed by atoms with Crippen molar-refractivity contribution in [3.8, 4) is 0 Å². The number of rotatable bonds is 5. The Hall–Kier alpha value is -1.79. The van der Waals surface area contributed by atoms with E-state index in [0.717, 1.165) is 0 Å². The summed E-state index contributed by atoms with van der Waals surface area (Å²) in [6.45, 7) is 2.25. The van der Waals surface area contributed by atoms with E-state index in [1.54, 1.807) is 0 Å². The van der Waals surface area contributed by atoms with Gasteiger partial charge in [0, 0.05) is 0 Å². The highest BCUT2D eigenvalue weighted by Gasteiger charge is 2.16. The summed E-state index contributed by atoms with van der Waals surface area (Å²) in [5.74, 6) is -3.32. The molecule has 11 N–H and O–H groups in total. The van der Waals surface area contributed by atoms with Crippen LogP contribution in [0.5, 0.6) is 0 Å². The van der Waals surface area contributed by atoms with E-state index in [9.17, 15) is 14.4 Å². The number of hydrogen-bond donors (Lipinski definition) is 8. The highest BCUT2D eigenvalue weighted by Crippen LogP contribution is 1.85. The lowest BCUT2D eigenvalue weighted by atomic mass is 10.2. The SMILES string of the molecule is CC(N)C(=O)O.CC(O)C(N)C(=O)O.NC(CO)C(=O)O. The van der Waals surface area contributed by atoms with Crippen molar-refractivity contribution >= 4 is 17.9 Å². The highest BCUT2D eigenvalue weighted by molar-refractivity contribution is 5.73. The molecule has 4 unspecified atom stereocenters. The lowest BCUT2D eigenvalue weighted by Gasteiger charge is -2.06. The van der Waals surface area contributed by atoms with Crippen LogP contribution in [0.15, 0.2) is 0 Å². The van der Waals surface area contributed by atoms with Crippen LogP contribution in [0.25, 0.3) is 0 Å². The van der Waals surface area contributed by atoms with Crippen molar-refractivity contribution < 1.29 is 39.9 Å². The fourth-order valence-electron chi connectivity index (χ4n) is 0.284.